The van der Waals surface area contributed by atoms with Gasteiger partial charge in [-0.15, -0.1) is 0 Å². The first kappa shape index (κ1) is 9.45. The van der Waals surface area contributed by atoms with E-state index in [0.717, 1.165) is 10.9 Å². The number of benzene rings is 1. The fraction of sp³-hybridized carbons (Fsp3) is 0.0909. The number of amides is 1. The van der Waals surface area contributed by atoms with E-state index in [0.29, 0.717) is 11.3 Å². The Kier molecular flexibility index (Phi) is 2.25. The second-order valence-corrected chi connectivity index (χ2v) is 3.12. The van der Waals surface area contributed by atoms with Crippen LogP contribution < -0.4 is 10.5 Å². The molecular weight excluding hydrogens is 192 g/mol. The first-order valence-electron chi connectivity index (χ1n) is 4.45. The van der Waals surface area contributed by atoms with Crippen molar-refractivity contribution in [1.82, 2.24) is 4.98 Å². The van der Waals surface area contributed by atoms with Gasteiger partial charge in [-0.05, 0) is 18.2 Å². The second kappa shape index (κ2) is 3.57. The largest absolute Gasteiger partial charge is 0.494 e. The van der Waals surface area contributed by atoms with Gasteiger partial charge < -0.3 is 10.5 Å². The highest BCUT2D eigenvalue weighted by molar-refractivity contribution is 5.98. The Morgan fingerprint density at radius 3 is 2.93 bits per heavy atom. The fourth-order valence-corrected chi connectivity index (χ4v) is 1.46. The molecule has 4 heteroatoms. The van der Waals surface area contributed by atoms with Crippen molar-refractivity contribution in [3.05, 3.63) is 36.0 Å². The lowest BCUT2D eigenvalue weighted by atomic mass is 10.1. The summed E-state index contributed by atoms with van der Waals surface area (Å²) < 4.78 is 5.15. The normalized spacial score (nSPS) is 10.2. The first-order chi connectivity index (χ1) is 7.22. The van der Waals surface area contributed by atoms with E-state index in [9.17, 15) is 4.79 Å². The van der Waals surface area contributed by atoms with Gasteiger partial charge in [-0.25, -0.2) is 0 Å². The molecule has 1 aromatic carbocycles. The van der Waals surface area contributed by atoms with Crippen molar-refractivity contribution < 1.29 is 9.53 Å². The molecule has 0 aliphatic rings. The zero-order valence-electron chi connectivity index (χ0n) is 8.23. The minimum atomic E-state index is -0.473. The molecule has 15 heavy (non-hydrogen) atoms. The maximum Gasteiger partial charge on any atom is 0.248 e. The van der Waals surface area contributed by atoms with Crippen molar-refractivity contribution in [1.29, 1.82) is 0 Å². The van der Waals surface area contributed by atoms with Gasteiger partial charge in [0, 0.05) is 17.1 Å². The number of carbonyl (C=O) groups excluding carboxylic acids is 1. The lowest BCUT2D eigenvalue weighted by Gasteiger charge is -2.06. The van der Waals surface area contributed by atoms with Crippen LogP contribution in [-0.2, 0) is 0 Å². The van der Waals surface area contributed by atoms with E-state index in [1.165, 1.54) is 7.11 Å². The number of hydrogen-bond acceptors (Lipinski definition) is 3. The van der Waals surface area contributed by atoms with Crippen LogP contribution in [0.1, 0.15) is 10.4 Å². The van der Waals surface area contributed by atoms with Crippen molar-refractivity contribution in [2.75, 3.05) is 7.11 Å². The van der Waals surface area contributed by atoms with Crippen LogP contribution >= 0.6 is 0 Å². The van der Waals surface area contributed by atoms with Gasteiger partial charge in [-0.1, -0.05) is 6.07 Å². The van der Waals surface area contributed by atoms with E-state index in [-0.39, 0.29) is 0 Å². The number of ether oxygens (including phenoxy) is 1. The first-order valence-corrected chi connectivity index (χ1v) is 4.45. The molecule has 0 radical (unpaired) electrons. The third kappa shape index (κ3) is 1.61. The van der Waals surface area contributed by atoms with Crippen molar-refractivity contribution in [3.63, 3.8) is 0 Å². The number of rotatable bonds is 2. The van der Waals surface area contributed by atoms with Crippen LogP contribution in [0.25, 0.3) is 10.9 Å². The summed E-state index contributed by atoms with van der Waals surface area (Å²) in [5.74, 6) is 0.0842. The van der Waals surface area contributed by atoms with Crippen molar-refractivity contribution in [2.24, 2.45) is 5.73 Å². The highest BCUT2D eigenvalue weighted by Gasteiger charge is 2.08. The Balaban J connectivity index is 2.77. The van der Waals surface area contributed by atoms with E-state index >= 15 is 0 Å². The molecule has 0 saturated heterocycles. The van der Waals surface area contributed by atoms with Crippen molar-refractivity contribution in [3.8, 4) is 5.75 Å². The monoisotopic (exact) mass is 202 g/mol. The second-order valence-electron chi connectivity index (χ2n) is 3.12. The highest BCUT2D eigenvalue weighted by atomic mass is 16.5. The number of nitrogens with two attached hydrogens (primary N) is 1. The molecule has 0 atom stereocenters. The minimum absolute atomic E-state index is 0.423. The quantitative estimate of drug-likeness (QED) is 0.799. The molecule has 0 spiro atoms. The lowest BCUT2D eigenvalue weighted by molar-refractivity contribution is 0.1000. The molecule has 0 aliphatic carbocycles. The van der Waals surface area contributed by atoms with Crippen LogP contribution in [0.5, 0.6) is 5.75 Å². The highest BCUT2D eigenvalue weighted by Crippen LogP contribution is 2.24. The van der Waals surface area contributed by atoms with E-state index in [4.69, 9.17) is 10.5 Å². The predicted molar refractivity (Wildman–Crippen MR) is 56.8 cm³/mol. The Labute approximate surface area is 86.7 Å². The summed E-state index contributed by atoms with van der Waals surface area (Å²) in [4.78, 5) is 15.2. The third-order valence-electron chi connectivity index (χ3n) is 2.17. The molecule has 0 aliphatic heterocycles. The summed E-state index contributed by atoms with van der Waals surface area (Å²) in [5, 5.41) is 0.839. The zero-order valence-corrected chi connectivity index (χ0v) is 8.23. The predicted octanol–water partition coefficient (Wildman–Crippen LogP) is 1.34. The van der Waals surface area contributed by atoms with Crippen LogP contribution in [0.15, 0.2) is 30.5 Å². The maximum absolute atomic E-state index is 11.1. The summed E-state index contributed by atoms with van der Waals surface area (Å²) in [7, 11) is 1.54. The summed E-state index contributed by atoms with van der Waals surface area (Å²) in [6, 6.07) is 6.95. The van der Waals surface area contributed by atoms with E-state index in [1.807, 2.05) is 6.07 Å². The number of fused-ring (bicyclic) bond motifs is 1. The number of nitrogens with zero attached hydrogens (tertiary/aromatic N) is 1. The molecule has 1 heterocycles. The summed E-state index contributed by atoms with van der Waals surface area (Å²) in [6.45, 7) is 0. The molecule has 0 saturated carbocycles. The molecule has 1 amide bonds. The van der Waals surface area contributed by atoms with Gasteiger partial charge in [0.2, 0.25) is 5.91 Å². The van der Waals surface area contributed by atoms with Crippen LogP contribution in [0, 0.1) is 0 Å². The molecular formula is C11H10N2O2. The Bertz CT molecular complexity index is 523. The Morgan fingerprint density at radius 2 is 2.27 bits per heavy atom. The van der Waals surface area contributed by atoms with Gasteiger partial charge in [0.05, 0.1) is 7.11 Å². The topological polar surface area (TPSA) is 65.2 Å². The number of methoxy groups -OCH3 is 1. The van der Waals surface area contributed by atoms with Gasteiger partial charge in [0.25, 0.3) is 0 Å². The molecule has 2 N–H and O–H groups in total. The van der Waals surface area contributed by atoms with Crippen molar-refractivity contribution in [2.45, 2.75) is 0 Å². The van der Waals surface area contributed by atoms with Crippen molar-refractivity contribution >= 4 is 16.8 Å². The summed E-state index contributed by atoms with van der Waals surface area (Å²) >= 11 is 0. The third-order valence-corrected chi connectivity index (χ3v) is 2.17. The molecule has 0 fully saturated rings. The SMILES string of the molecule is COc1cc(C(N)=O)cc2cccnc12. The van der Waals surface area contributed by atoms with Gasteiger partial charge in [-0.3, -0.25) is 9.78 Å². The molecule has 2 aromatic rings. The molecule has 0 bridgehead atoms. The molecule has 1 aromatic heterocycles. The van der Waals surface area contributed by atoms with E-state index in [1.54, 1.807) is 24.4 Å². The Morgan fingerprint density at radius 1 is 1.47 bits per heavy atom. The average molecular weight is 202 g/mol. The average Bonchev–Trinajstić information content (AvgIpc) is 2.27. The fourth-order valence-electron chi connectivity index (χ4n) is 1.46. The Hall–Kier alpha value is -2.10. The molecule has 0 unspecified atom stereocenters. The lowest BCUT2D eigenvalue weighted by Crippen LogP contribution is -2.11. The molecule has 2 rings (SSSR count). The minimum Gasteiger partial charge on any atom is -0.494 e. The van der Waals surface area contributed by atoms with Crippen LogP contribution in [0.2, 0.25) is 0 Å². The van der Waals surface area contributed by atoms with Gasteiger partial charge in [0.1, 0.15) is 11.3 Å². The number of primary amides is 1. The van der Waals surface area contributed by atoms with E-state index in [2.05, 4.69) is 4.98 Å². The smallest absolute Gasteiger partial charge is 0.248 e. The zero-order chi connectivity index (χ0) is 10.8. The van der Waals surface area contributed by atoms with Gasteiger partial charge >= 0.3 is 0 Å². The number of carbonyl (C=O) groups is 1. The van der Waals surface area contributed by atoms with Gasteiger partial charge in [0.15, 0.2) is 0 Å². The number of aromatic nitrogens is 1. The summed E-state index contributed by atoms with van der Waals surface area (Å²) in [5.41, 5.74) is 6.36. The van der Waals surface area contributed by atoms with E-state index < -0.39 is 5.91 Å². The van der Waals surface area contributed by atoms with Crippen LogP contribution in [0.4, 0.5) is 0 Å². The number of hydrogen-bond donors (Lipinski definition) is 1. The van der Waals surface area contributed by atoms with Gasteiger partial charge in [-0.2, -0.15) is 0 Å². The van der Waals surface area contributed by atoms with Crippen LogP contribution in [-0.4, -0.2) is 18.0 Å². The van der Waals surface area contributed by atoms with Crippen LogP contribution in [0.3, 0.4) is 0 Å². The molecule has 4 nitrogen and oxygen atoms in total. The maximum atomic E-state index is 11.1. The number of pyridine rings is 1. The summed E-state index contributed by atoms with van der Waals surface area (Å²) in [6.07, 6.45) is 1.68. The standard InChI is InChI=1S/C11H10N2O2/c1-15-9-6-8(11(12)14)5-7-3-2-4-13-10(7)9/h2-6H,1H3,(H2,12,14). The molecule has 76 valence electrons.